The molecule has 0 fully saturated rings. The lowest BCUT2D eigenvalue weighted by Gasteiger charge is -2.21. The van der Waals surface area contributed by atoms with Gasteiger partial charge in [0, 0.05) is 17.5 Å². The summed E-state index contributed by atoms with van der Waals surface area (Å²) in [5, 5.41) is 2.81. The molecule has 1 amide bonds. The molecule has 0 heterocycles. The van der Waals surface area contributed by atoms with Gasteiger partial charge in [-0.25, -0.2) is 4.39 Å². The average molecular weight is 268 g/mol. The van der Waals surface area contributed by atoms with Crippen LogP contribution in [0.2, 0.25) is 0 Å². The van der Waals surface area contributed by atoms with Gasteiger partial charge in [-0.1, -0.05) is 6.92 Å². The standard InChI is InChI=1S/C14H21FN2O2/c1-8(9(2)16)14(18)17-10(3)12-7-11(15)5-6-13(12)19-4/h5-10H,16H2,1-4H3,(H,17,18). The minimum absolute atomic E-state index is 0.159. The fourth-order valence-corrected chi connectivity index (χ4v) is 1.70. The van der Waals surface area contributed by atoms with E-state index in [0.717, 1.165) is 0 Å². The van der Waals surface area contributed by atoms with Crippen LogP contribution in [-0.2, 0) is 4.79 Å². The molecule has 0 aromatic heterocycles. The summed E-state index contributed by atoms with van der Waals surface area (Å²) < 4.78 is 18.4. The van der Waals surface area contributed by atoms with Crippen LogP contribution in [0.5, 0.6) is 5.75 Å². The van der Waals surface area contributed by atoms with E-state index in [2.05, 4.69) is 5.32 Å². The lowest BCUT2D eigenvalue weighted by molar-refractivity contribution is -0.125. The molecule has 19 heavy (non-hydrogen) atoms. The number of halogens is 1. The Hall–Kier alpha value is -1.62. The molecule has 0 aliphatic rings. The van der Waals surface area contributed by atoms with Crippen LogP contribution in [-0.4, -0.2) is 19.1 Å². The number of carbonyl (C=O) groups excluding carboxylic acids is 1. The third kappa shape index (κ3) is 3.92. The van der Waals surface area contributed by atoms with Gasteiger partial charge in [0.05, 0.1) is 13.2 Å². The number of nitrogens with one attached hydrogen (secondary N) is 1. The van der Waals surface area contributed by atoms with E-state index in [1.165, 1.54) is 19.2 Å². The van der Waals surface area contributed by atoms with E-state index < -0.39 is 0 Å². The van der Waals surface area contributed by atoms with Crippen LogP contribution < -0.4 is 15.8 Å². The molecular weight excluding hydrogens is 247 g/mol. The fraction of sp³-hybridized carbons (Fsp3) is 0.500. The second-order valence-corrected chi connectivity index (χ2v) is 4.76. The van der Waals surface area contributed by atoms with Gasteiger partial charge >= 0.3 is 0 Å². The first kappa shape index (κ1) is 15.4. The molecule has 3 unspecified atom stereocenters. The molecular formula is C14H21FN2O2. The van der Waals surface area contributed by atoms with E-state index in [1.807, 2.05) is 0 Å². The Morgan fingerprint density at radius 3 is 2.53 bits per heavy atom. The van der Waals surface area contributed by atoms with Crippen molar-refractivity contribution >= 4 is 5.91 Å². The van der Waals surface area contributed by atoms with Crippen LogP contribution in [0.25, 0.3) is 0 Å². The van der Waals surface area contributed by atoms with Gasteiger partial charge in [-0.05, 0) is 32.0 Å². The first-order chi connectivity index (χ1) is 8.86. The number of hydrogen-bond donors (Lipinski definition) is 2. The Labute approximate surface area is 113 Å². The Morgan fingerprint density at radius 2 is 2.00 bits per heavy atom. The number of methoxy groups -OCH3 is 1. The molecule has 5 heteroatoms. The first-order valence-corrected chi connectivity index (χ1v) is 6.26. The van der Waals surface area contributed by atoms with E-state index >= 15 is 0 Å². The normalized spacial score (nSPS) is 15.5. The molecule has 0 bridgehead atoms. The monoisotopic (exact) mass is 268 g/mol. The quantitative estimate of drug-likeness (QED) is 0.858. The maximum Gasteiger partial charge on any atom is 0.224 e. The summed E-state index contributed by atoms with van der Waals surface area (Å²) in [6.45, 7) is 5.32. The van der Waals surface area contributed by atoms with Crippen molar-refractivity contribution in [3.63, 3.8) is 0 Å². The number of amides is 1. The highest BCUT2D eigenvalue weighted by Crippen LogP contribution is 2.26. The molecule has 0 saturated heterocycles. The van der Waals surface area contributed by atoms with Crippen LogP contribution in [0.4, 0.5) is 4.39 Å². The molecule has 0 saturated carbocycles. The second-order valence-electron chi connectivity index (χ2n) is 4.76. The van der Waals surface area contributed by atoms with Crippen LogP contribution in [0.15, 0.2) is 18.2 Å². The van der Waals surface area contributed by atoms with Gasteiger partial charge in [0.25, 0.3) is 0 Å². The second kappa shape index (κ2) is 6.52. The Kier molecular flexibility index (Phi) is 5.30. The molecule has 0 spiro atoms. The van der Waals surface area contributed by atoms with Crippen molar-refractivity contribution in [2.24, 2.45) is 11.7 Å². The molecule has 3 atom stereocenters. The maximum atomic E-state index is 13.3. The van der Waals surface area contributed by atoms with Gasteiger partial charge < -0.3 is 15.8 Å². The van der Waals surface area contributed by atoms with Gasteiger partial charge in [-0.2, -0.15) is 0 Å². The molecule has 0 aliphatic heterocycles. The summed E-state index contributed by atoms with van der Waals surface area (Å²) in [6.07, 6.45) is 0. The van der Waals surface area contributed by atoms with Gasteiger partial charge in [-0.15, -0.1) is 0 Å². The lowest BCUT2D eigenvalue weighted by atomic mass is 10.0. The van der Waals surface area contributed by atoms with Crippen molar-refractivity contribution in [1.29, 1.82) is 0 Å². The average Bonchev–Trinajstić information content (AvgIpc) is 2.37. The molecule has 1 aromatic rings. The van der Waals surface area contributed by atoms with Gasteiger partial charge in [0.1, 0.15) is 11.6 Å². The van der Waals surface area contributed by atoms with Crippen molar-refractivity contribution in [2.45, 2.75) is 32.9 Å². The van der Waals surface area contributed by atoms with Gasteiger partial charge in [0.15, 0.2) is 0 Å². The van der Waals surface area contributed by atoms with Crippen LogP contribution in [0, 0.1) is 11.7 Å². The summed E-state index contributed by atoms with van der Waals surface area (Å²) >= 11 is 0. The third-order valence-corrected chi connectivity index (χ3v) is 3.22. The Balaban J connectivity index is 2.86. The largest absolute Gasteiger partial charge is 0.496 e. The van der Waals surface area contributed by atoms with Crippen LogP contribution >= 0.6 is 0 Å². The number of benzene rings is 1. The van der Waals surface area contributed by atoms with Crippen molar-refractivity contribution < 1.29 is 13.9 Å². The Morgan fingerprint density at radius 1 is 1.37 bits per heavy atom. The lowest BCUT2D eigenvalue weighted by Crippen LogP contribution is -2.39. The highest BCUT2D eigenvalue weighted by molar-refractivity contribution is 5.79. The minimum atomic E-state index is -0.364. The zero-order valence-electron chi connectivity index (χ0n) is 11.7. The van der Waals surface area contributed by atoms with E-state index in [9.17, 15) is 9.18 Å². The zero-order valence-corrected chi connectivity index (χ0v) is 11.7. The molecule has 3 N–H and O–H groups in total. The number of hydrogen-bond acceptors (Lipinski definition) is 3. The number of nitrogens with two attached hydrogens (primary N) is 1. The number of carbonyl (C=O) groups is 1. The van der Waals surface area contributed by atoms with E-state index in [-0.39, 0.29) is 29.7 Å². The minimum Gasteiger partial charge on any atom is -0.496 e. The van der Waals surface area contributed by atoms with Crippen LogP contribution in [0.3, 0.4) is 0 Å². The van der Waals surface area contributed by atoms with E-state index in [0.29, 0.717) is 11.3 Å². The highest BCUT2D eigenvalue weighted by atomic mass is 19.1. The number of ether oxygens (including phenoxy) is 1. The van der Waals surface area contributed by atoms with Crippen molar-refractivity contribution in [1.82, 2.24) is 5.32 Å². The molecule has 1 rings (SSSR count). The SMILES string of the molecule is COc1ccc(F)cc1C(C)NC(=O)C(C)C(C)N. The van der Waals surface area contributed by atoms with Crippen molar-refractivity contribution in [2.75, 3.05) is 7.11 Å². The first-order valence-electron chi connectivity index (χ1n) is 6.26. The molecule has 0 radical (unpaired) electrons. The molecule has 106 valence electrons. The molecule has 1 aromatic carbocycles. The summed E-state index contributed by atoms with van der Waals surface area (Å²) in [6, 6.07) is 3.64. The summed E-state index contributed by atoms with van der Waals surface area (Å²) in [4.78, 5) is 11.9. The zero-order chi connectivity index (χ0) is 14.6. The van der Waals surface area contributed by atoms with Crippen LogP contribution in [0.1, 0.15) is 32.4 Å². The predicted octanol–water partition coefficient (Wildman–Crippen LogP) is 1.99. The summed E-state index contributed by atoms with van der Waals surface area (Å²) in [5.41, 5.74) is 6.29. The van der Waals surface area contributed by atoms with Gasteiger partial charge in [-0.3, -0.25) is 4.79 Å². The van der Waals surface area contributed by atoms with Gasteiger partial charge in [0.2, 0.25) is 5.91 Å². The number of rotatable bonds is 5. The van der Waals surface area contributed by atoms with E-state index in [4.69, 9.17) is 10.5 Å². The fourth-order valence-electron chi connectivity index (χ4n) is 1.70. The smallest absolute Gasteiger partial charge is 0.224 e. The third-order valence-electron chi connectivity index (χ3n) is 3.22. The molecule has 4 nitrogen and oxygen atoms in total. The molecule has 0 aliphatic carbocycles. The summed E-state index contributed by atoms with van der Waals surface area (Å²) in [7, 11) is 1.51. The maximum absolute atomic E-state index is 13.3. The highest BCUT2D eigenvalue weighted by Gasteiger charge is 2.21. The van der Waals surface area contributed by atoms with E-state index in [1.54, 1.807) is 26.8 Å². The van der Waals surface area contributed by atoms with Crippen molar-refractivity contribution in [3.8, 4) is 5.75 Å². The Bertz CT molecular complexity index is 449. The van der Waals surface area contributed by atoms with Crippen molar-refractivity contribution in [3.05, 3.63) is 29.6 Å². The summed E-state index contributed by atoms with van der Waals surface area (Å²) in [5.74, 6) is -0.282. The predicted molar refractivity (Wildman–Crippen MR) is 72.3 cm³/mol. The topological polar surface area (TPSA) is 64.3 Å².